The Balaban J connectivity index is 1.55. The molecule has 0 saturated carbocycles. The zero-order valence-corrected chi connectivity index (χ0v) is 15.4. The standard InChI is InChI=1S/C20H20F3N5/c1-14-4-6-15(7-5-14)18-3-2-12-27(18)13-19-24-25-26-28(19)17-10-8-16(9-11-17)20(21,22)23/h4-11,18H,2-3,12-13H2,1H3. The second-order valence-corrected chi connectivity index (χ2v) is 7.09. The highest BCUT2D eigenvalue weighted by Gasteiger charge is 2.30. The lowest BCUT2D eigenvalue weighted by Gasteiger charge is -2.24. The topological polar surface area (TPSA) is 46.8 Å². The van der Waals surface area contributed by atoms with Crippen molar-refractivity contribution < 1.29 is 13.2 Å². The van der Waals surface area contributed by atoms with Gasteiger partial charge in [-0.2, -0.15) is 17.9 Å². The first-order valence-corrected chi connectivity index (χ1v) is 9.17. The van der Waals surface area contributed by atoms with Gasteiger partial charge in [-0.25, -0.2) is 0 Å². The molecule has 0 spiro atoms. The van der Waals surface area contributed by atoms with E-state index in [0.29, 0.717) is 24.1 Å². The summed E-state index contributed by atoms with van der Waals surface area (Å²) in [6.45, 7) is 3.53. The molecular weight excluding hydrogens is 367 g/mol. The first kappa shape index (κ1) is 18.6. The maximum atomic E-state index is 12.8. The van der Waals surface area contributed by atoms with Crippen molar-refractivity contribution in [2.24, 2.45) is 0 Å². The first-order valence-electron chi connectivity index (χ1n) is 9.17. The fourth-order valence-corrected chi connectivity index (χ4v) is 3.66. The van der Waals surface area contributed by atoms with Gasteiger partial charge in [-0.05, 0) is 66.6 Å². The number of likely N-dealkylation sites (tertiary alicyclic amines) is 1. The van der Waals surface area contributed by atoms with E-state index in [0.717, 1.165) is 31.5 Å². The van der Waals surface area contributed by atoms with Crippen LogP contribution in [-0.4, -0.2) is 31.7 Å². The molecule has 1 fully saturated rings. The van der Waals surface area contributed by atoms with Crippen LogP contribution in [0.2, 0.25) is 0 Å². The van der Waals surface area contributed by atoms with Crippen LogP contribution in [0.25, 0.3) is 5.69 Å². The number of hydrogen-bond acceptors (Lipinski definition) is 4. The summed E-state index contributed by atoms with van der Waals surface area (Å²) in [4.78, 5) is 2.32. The summed E-state index contributed by atoms with van der Waals surface area (Å²) in [6, 6.07) is 13.7. The molecule has 5 nitrogen and oxygen atoms in total. The molecule has 1 atom stereocenters. The van der Waals surface area contributed by atoms with Gasteiger partial charge in [0.05, 0.1) is 17.8 Å². The van der Waals surface area contributed by atoms with E-state index < -0.39 is 11.7 Å². The van der Waals surface area contributed by atoms with Crippen LogP contribution in [0.4, 0.5) is 13.2 Å². The molecule has 146 valence electrons. The van der Waals surface area contributed by atoms with Crippen LogP contribution in [0, 0.1) is 6.92 Å². The highest BCUT2D eigenvalue weighted by Crippen LogP contribution is 2.33. The van der Waals surface area contributed by atoms with Gasteiger partial charge in [0.25, 0.3) is 0 Å². The Kier molecular flexibility index (Phi) is 4.89. The highest BCUT2D eigenvalue weighted by molar-refractivity contribution is 5.35. The molecule has 4 rings (SSSR count). The van der Waals surface area contributed by atoms with Crippen LogP contribution < -0.4 is 0 Å². The van der Waals surface area contributed by atoms with Crippen LogP contribution in [-0.2, 0) is 12.7 Å². The smallest absolute Gasteiger partial charge is 0.289 e. The normalized spacial score (nSPS) is 17.9. The van der Waals surface area contributed by atoms with Gasteiger partial charge >= 0.3 is 6.18 Å². The Hall–Kier alpha value is -2.74. The van der Waals surface area contributed by atoms with Gasteiger partial charge < -0.3 is 0 Å². The molecule has 3 aromatic rings. The van der Waals surface area contributed by atoms with E-state index in [4.69, 9.17) is 0 Å². The summed E-state index contributed by atoms with van der Waals surface area (Å²) in [5.41, 5.74) is 2.31. The molecule has 0 amide bonds. The minimum atomic E-state index is -4.36. The number of rotatable bonds is 4. The second kappa shape index (κ2) is 7.35. The summed E-state index contributed by atoms with van der Waals surface area (Å²) < 4.78 is 39.9. The maximum Gasteiger partial charge on any atom is 0.416 e. The number of aryl methyl sites for hydroxylation is 1. The Labute approximate surface area is 160 Å². The minimum absolute atomic E-state index is 0.290. The van der Waals surface area contributed by atoms with Crippen LogP contribution >= 0.6 is 0 Å². The van der Waals surface area contributed by atoms with Crippen molar-refractivity contribution >= 4 is 0 Å². The van der Waals surface area contributed by atoms with Crippen LogP contribution in [0.3, 0.4) is 0 Å². The SMILES string of the molecule is Cc1ccc(C2CCCN2Cc2nnnn2-c2ccc(C(F)(F)F)cc2)cc1. The molecule has 1 aliphatic rings. The van der Waals surface area contributed by atoms with Crippen LogP contribution in [0.15, 0.2) is 48.5 Å². The summed E-state index contributed by atoms with van der Waals surface area (Å²) in [7, 11) is 0. The van der Waals surface area contributed by atoms with E-state index in [1.807, 2.05) is 0 Å². The lowest BCUT2D eigenvalue weighted by Crippen LogP contribution is -2.24. The van der Waals surface area contributed by atoms with Crippen molar-refractivity contribution in [3.63, 3.8) is 0 Å². The van der Waals surface area contributed by atoms with E-state index in [1.165, 1.54) is 27.9 Å². The van der Waals surface area contributed by atoms with Crippen molar-refractivity contribution in [3.05, 3.63) is 71.0 Å². The Morgan fingerprint density at radius 3 is 2.43 bits per heavy atom. The van der Waals surface area contributed by atoms with E-state index in [9.17, 15) is 13.2 Å². The third kappa shape index (κ3) is 3.77. The minimum Gasteiger partial charge on any atom is -0.289 e. The fraction of sp³-hybridized carbons (Fsp3) is 0.350. The maximum absolute atomic E-state index is 12.8. The summed E-state index contributed by atoms with van der Waals surface area (Å²) in [5.74, 6) is 0.610. The molecule has 0 aliphatic carbocycles. The van der Waals surface area contributed by atoms with Crippen LogP contribution in [0.5, 0.6) is 0 Å². The zero-order valence-electron chi connectivity index (χ0n) is 15.4. The number of aromatic nitrogens is 4. The molecule has 1 aromatic heterocycles. The number of hydrogen-bond donors (Lipinski definition) is 0. The molecule has 2 heterocycles. The number of alkyl halides is 3. The third-order valence-corrected chi connectivity index (χ3v) is 5.14. The largest absolute Gasteiger partial charge is 0.416 e. The second-order valence-electron chi connectivity index (χ2n) is 7.09. The lowest BCUT2D eigenvalue weighted by atomic mass is 10.0. The Morgan fingerprint density at radius 1 is 1.04 bits per heavy atom. The van der Waals surface area contributed by atoms with Gasteiger partial charge in [-0.15, -0.1) is 5.10 Å². The van der Waals surface area contributed by atoms with Crippen molar-refractivity contribution in [2.45, 2.75) is 38.5 Å². The summed E-state index contributed by atoms with van der Waals surface area (Å²) in [6.07, 6.45) is -2.22. The van der Waals surface area contributed by atoms with Gasteiger partial charge in [0.2, 0.25) is 0 Å². The van der Waals surface area contributed by atoms with E-state index in [2.05, 4.69) is 51.6 Å². The number of tetrazole rings is 1. The average Bonchev–Trinajstić information content (AvgIpc) is 3.32. The highest BCUT2D eigenvalue weighted by atomic mass is 19.4. The van der Waals surface area contributed by atoms with Crippen molar-refractivity contribution in [1.29, 1.82) is 0 Å². The molecule has 0 bridgehead atoms. The van der Waals surface area contributed by atoms with Gasteiger partial charge in [-0.3, -0.25) is 4.90 Å². The Bertz CT molecular complexity index is 932. The molecule has 2 aromatic carbocycles. The van der Waals surface area contributed by atoms with Gasteiger partial charge in [0.15, 0.2) is 5.82 Å². The van der Waals surface area contributed by atoms with Gasteiger partial charge in [0, 0.05) is 6.04 Å². The summed E-state index contributed by atoms with van der Waals surface area (Å²) in [5, 5.41) is 11.8. The monoisotopic (exact) mass is 387 g/mol. The molecule has 8 heteroatoms. The molecule has 0 N–H and O–H groups in total. The number of halogens is 3. The fourth-order valence-electron chi connectivity index (χ4n) is 3.66. The number of nitrogens with zero attached hydrogens (tertiary/aromatic N) is 5. The zero-order chi connectivity index (χ0) is 19.7. The van der Waals surface area contributed by atoms with Gasteiger partial charge in [0.1, 0.15) is 0 Å². The predicted octanol–water partition coefficient (Wildman–Crippen LogP) is 4.33. The molecule has 1 aliphatic heterocycles. The average molecular weight is 387 g/mol. The summed E-state index contributed by atoms with van der Waals surface area (Å²) >= 11 is 0. The molecule has 1 unspecified atom stereocenters. The van der Waals surface area contributed by atoms with Crippen molar-refractivity contribution in [1.82, 2.24) is 25.1 Å². The van der Waals surface area contributed by atoms with Crippen molar-refractivity contribution in [3.8, 4) is 5.69 Å². The molecular formula is C20H20F3N5. The third-order valence-electron chi connectivity index (χ3n) is 5.14. The van der Waals surface area contributed by atoms with E-state index >= 15 is 0 Å². The molecule has 0 radical (unpaired) electrons. The predicted molar refractivity (Wildman–Crippen MR) is 97.7 cm³/mol. The quantitative estimate of drug-likeness (QED) is 0.669. The van der Waals surface area contributed by atoms with Gasteiger partial charge in [-0.1, -0.05) is 29.8 Å². The lowest BCUT2D eigenvalue weighted by molar-refractivity contribution is -0.137. The first-order chi connectivity index (χ1) is 13.4. The van der Waals surface area contributed by atoms with Crippen molar-refractivity contribution in [2.75, 3.05) is 6.54 Å². The van der Waals surface area contributed by atoms with Crippen LogP contribution in [0.1, 0.15) is 41.4 Å². The molecule has 1 saturated heterocycles. The Morgan fingerprint density at radius 2 is 1.75 bits per heavy atom. The van der Waals surface area contributed by atoms with E-state index in [-0.39, 0.29) is 0 Å². The molecule has 28 heavy (non-hydrogen) atoms. The number of benzene rings is 2. The van der Waals surface area contributed by atoms with E-state index in [1.54, 1.807) is 0 Å².